The average Bonchev–Trinajstić information content (AvgIpc) is 1.19. The van der Waals surface area contributed by atoms with Gasteiger partial charge >= 0.3 is 0 Å². The molecule has 18 rings (SSSR count). The molecule has 0 aromatic heterocycles. The van der Waals surface area contributed by atoms with Crippen LogP contribution in [0.5, 0.6) is 46.0 Å². The molecule has 22 heteroatoms. The molecule has 0 bridgehead atoms. The van der Waals surface area contributed by atoms with Crippen LogP contribution >= 0.6 is 0 Å². The van der Waals surface area contributed by atoms with E-state index in [9.17, 15) is 9.90 Å². The smallest absolute Gasteiger partial charge is 0.268 e. The zero-order valence-corrected chi connectivity index (χ0v) is 64.4. The molecule has 0 radical (unpaired) electrons. The number of ether oxygens (including phenoxy) is 18. The lowest BCUT2D eigenvalue weighted by molar-refractivity contribution is 0.0885. The first kappa shape index (κ1) is 84.3. The summed E-state index contributed by atoms with van der Waals surface area (Å²) in [5.74, 6) is 10.8. The second-order valence-corrected chi connectivity index (χ2v) is 27.3. The van der Waals surface area contributed by atoms with E-state index in [1.54, 1.807) is 12.1 Å². The van der Waals surface area contributed by atoms with Gasteiger partial charge in [-0.15, -0.1) is 0 Å². The van der Waals surface area contributed by atoms with Crippen LogP contribution in [-0.4, -0.2) is 198 Å². The van der Waals surface area contributed by atoms with E-state index in [1.807, 2.05) is 175 Å². The van der Waals surface area contributed by atoms with Crippen molar-refractivity contribution in [1.29, 1.82) is 0 Å². The van der Waals surface area contributed by atoms with Gasteiger partial charge in [0.1, 0.15) is 147 Å². The number of benzene rings is 9. The summed E-state index contributed by atoms with van der Waals surface area (Å²) in [5, 5.41) is 13.6. The first-order chi connectivity index (χ1) is 54.6. The van der Waals surface area contributed by atoms with Gasteiger partial charge in [0, 0.05) is 18.6 Å². The maximum Gasteiger partial charge on any atom is 0.268 e. The Kier molecular flexibility index (Phi) is 36.4. The maximum atomic E-state index is 11.3. The predicted octanol–water partition coefficient (Wildman–Crippen LogP) is 14.2. The summed E-state index contributed by atoms with van der Waals surface area (Å²) in [4.78, 5) is 11.3. The molecule has 1 amide bonds. The Bertz CT molecular complexity index is 3800. The summed E-state index contributed by atoms with van der Waals surface area (Å²) in [6.45, 7) is 23.9. The van der Waals surface area contributed by atoms with Gasteiger partial charge < -0.3 is 90.4 Å². The second-order valence-electron chi connectivity index (χ2n) is 27.3. The monoisotopic (exact) mass is 1530 g/mol. The number of phenolic OH excluding ortho intramolecular Hbond substituents is 1. The molecular weight excluding hydrogens is 1420 g/mol. The number of unbranched alkanes of at least 4 members (excludes halogenated alkanes) is 1. The Labute approximate surface area is 652 Å². The van der Waals surface area contributed by atoms with E-state index in [4.69, 9.17) is 91.1 Å². The molecule has 9 atom stereocenters. The highest BCUT2D eigenvalue weighted by molar-refractivity contribution is 6.01. The number of hydrogen-bond donors (Lipinski definition) is 3. The number of carbonyl (C=O) groups excluding carboxylic acids is 1. The molecule has 22 nitrogen and oxygen atoms in total. The highest BCUT2D eigenvalue weighted by Crippen LogP contribution is 2.31. The molecule has 9 fully saturated rings. The van der Waals surface area contributed by atoms with Crippen LogP contribution in [0.25, 0.3) is 21.5 Å². The van der Waals surface area contributed by atoms with Crippen molar-refractivity contribution in [1.82, 2.24) is 5.43 Å². The standard InChI is InChI=1S/C19H20O4.C16H16O4.C11H10N2O2.C10H18O4.3C9H10O2.2C3H8/c1-5-16(20-10-18-12-22-18)6-2-14(1)9-15-3-7-17(8-4-15)21-11-19-13-23-19;1-2-11-6-12(17-7-13-8-18-13)4-5-15(11)16(3-1)20-10-14-9-19-14;12-13-11(15)9-5-7-3-1-2-4-8(7)6-10(9)14;1(3-11-5-9-7-13-9)2-4-12-6-10-8-14-10;3*1-2-4-8(5-3-1)10-6-9-7-11-9;2*1-3-2/h1-8,18-19H,9-13H2;1-6,13-14H,7-10H2;1-6,14H,12H2,(H,13,15);9-10H,1-8H2;3*1-5,9H,6-7H2;2*3H2,1-2H3. The van der Waals surface area contributed by atoms with Crippen LogP contribution in [0.4, 0.5) is 0 Å². The third-order valence-electron chi connectivity index (χ3n) is 16.6. The van der Waals surface area contributed by atoms with Crippen LogP contribution in [0.1, 0.15) is 74.9 Å². The van der Waals surface area contributed by atoms with Crippen LogP contribution in [0.3, 0.4) is 0 Å². The van der Waals surface area contributed by atoms with Gasteiger partial charge in [-0.1, -0.05) is 156 Å². The summed E-state index contributed by atoms with van der Waals surface area (Å²) < 4.78 is 95.4. The second kappa shape index (κ2) is 48.0. The molecule has 9 aliphatic heterocycles. The number of nitrogens with two attached hydrogens (primary N) is 1. The largest absolute Gasteiger partial charge is 0.507 e. The van der Waals surface area contributed by atoms with Crippen LogP contribution in [0.2, 0.25) is 0 Å². The lowest BCUT2D eigenvalue weighted by Crippen LogP contribution is -2.29. The Morgan fingerprint density at radius 3 is 1.00 bits per heavy atom. The summed E-state index contributed by atoms with van der Waals surface area (Å²) >= 11 is 0. The van der Waals surface area contributed by atoms with Crippen molar-refractivity contribution < 1.29 is 95.2 Å². The summed E-state index contributed by atoms with van der Waals surface area (Å²) in [6, 6.07) is 68.6. The molecule has 9 unspecified atom stereocenters. The normalized spacial score (nSPS) is 20.5. The van der Waals surface area contributed by atoms with Crippen molar-refractivity contribution in [3.8, 4) is 46.0 Å². The number of rotatable bonds is 33. The van der Waals surface area contributed by atoms with Crippen LogP contribution in [0.15, 0.2) is 212 Å². The van der Waals surface area contributed by atoms with Crippen LogP contribution in [0, 0.1) is 0 Å². The van der Waals surface area contributed by atoms with Gasteiger partial charge in [0.2, 0.25) is 0 Å². The summed E-state index contributed by atoms with van der Waals surface area (Å²) in [6.07, 6.45) is 8.47. The van der Waals surface area contributed by atoms with Gasteiger partial charge in [-0.05, 0) is 144 Å². The number of nitrogen functional groups attached to an aromatic ring is 1. The fourth-order valence-electron chi connectivity index (χ4n) is 9.76. The fourth-order valence-corrected chi connectivity index (χ4v) is 9.76. The minimum absolute atomic E-state index is 0.0725. The van der Waals surface area contributed by atoms with Crippen molar-refractivity contribution >= 4 is 27.5 Å². The molecular formula is C89H110N2O20. The number of phenols is 1. The third kappa shape index (κ3) is 36.7. The van der Waals surface area contributed by atoms with E-state index in [-0.39, 0.29) is 23.5 Å². The van der Waals surface area contributed by atoms with E-state index in [1.165, 1.54) is 24.0 Å². The lowest BCUT2D eigenvalue weighted by Gasteiger charge is -2.10. The number of hydrogen-bond acceptors (Lipinski definition) is 21. The number of amides is 1. The number of epoxide rings is 9. The maximum absolute atomic E-state index is 11.3. The van der Waals surface area contributed by atoms with Crippen LogP contribution < -0.4 is 44.4 Å². The molecule has 9 heterocycles. The molecule has 9 saturated heterocycles. The van der Waals surface area contributed by atoms with Gasteiger partial charge in [0.05, 0.1) is 78.2 Å². The molecule has 9 aliphatic rings. The van der Waals surface area contributed by atoms with Crippen molar-refractivity contribution in [2.24, 2.45) is 5.84 Å². The lowest BCUT2D eigenvalue weighted by atomic mass is 10.0. The third-order valence-corrected chi connectivity index (χ3v) is 16.6. The summed E-state index contributed by atoms with van der Waals surface area (Å²) in [7, 11) is 0. The van der Waals surface area contributed by atoms with E-state index >= 15 is 0 Å². The zero-order chi connectivity index (χ0) is 77.3. The number of para-hydroxylation sites is 3. The number of fused-ring (bicyclic) bond motifs is 2. The molecule has 0 aliphatic carbocycles. The molecule has 0 spiro atoms. The minimum atomic E-state index is -0.502. The van der Waals surface area contributed by atoms with E-state index in [2.05, 4.69) is 58.0 Å². The number of nitrogens with one attached hydrogen (secondary N) is 1. The topological polar surface area (TPSA) is 271 Å². The Morgan fingerprint density at radius 2 is 0.649 bits per heavy atom. The quantitative estimate of drug-likeness (QED) is 0.0113. The van der Waals surface area contributed by atoms with Crippen molar-refractivity contribution in [3.63, 3.8) is 0 Å². The Hall–Kier alpha value is -9.11. The predicted molar refractivity (Wildman–Crippen MR) is 425 cm³/mol. The fraction of sp³-hybridized carbons (Fsp3) is 0.427. The minimum Gasteiger partial charge on any atom is -0.507 e. The van der Waals surface area contributed by atoms with Gasteiger partial charge in [-0.2, -0.15) is 0 Å². The average molecular weight is 1530 g/mol. The molecule has 0 saturated carbocycles. The van der Waals surface area contributed by atoms with Gasteiger partial charge in [-0.25, -0.2) is 5.84 Å². The van der Waals surface area contributed by atoms with Crippen molar-refractivity contribution in [2.75, 3.05) is 132 Å². The summed E-state index contributed by atoms with van der Waals surface area (Å²) in [5.41, 5.74) is 4.69. The first-order valence-corrected chi connectivity index (χ1v) is 38.8. The SMILES string of the molecule is C(CCOCC1CO1)COCC1CO1.CCC.CCC.NNC(=O)c1cc2ccccc2cc1O.c1cc(OCC2CO2)c2ccc(OCC3CO3)cc2c1.c1cc(OCC2CO2)ccc1Cc1ccc(OCC2CO2)cc1.c1ccc(OCC2CO2)cc1.c1ccc(OCC2CO2)cc1.c1ccc(OCC2CO2)cc1. The number of carbonyl (C=O) groups is 1. The molecule has 4 N–H and O–H groups in total. The van der Waals surface area contributed by atoms with Gasteiger partial charge in [0.25, 0.3) is 5.91 Å². The van der Waals surface area contributed by atoms with Crippen LogP contribution in [-0.2, 0) is 58.5 Å². The van der Waals surface area contributed by atoms with Crippen molar-refractivity contribution in [3.05, 3.63) is 229 Å². The number of hydrazine groups is 1. The highest BCUT2D eigenvalue weighted by Gasteiger charge is 2.28. The van der Waals surface area contributed by atoms with Crippen molar-refractivity contribution in [2.45, 2.75) is 115 Å². The molecule has 111 heavy (non-hydrogen) atoms. The first-order valence-electron chi connectivity index (χ1n) is 38.8. The molecule has 9 aromatic carbocycles. The molecule has 596 valence electrons. The van der Waals surface area contributed by atoms with E-state index < -0.39 is 5.91 Å². The van der Waals surface area contributed by atoms with E-state index in [0.29, 0.717) is 89.0 Å². The molecule has 9 aromatic rings. The van der Waals surface area contributed by atoms with Gasteiger partial charge in [0.15, 0.2) is 0 Å². The van der Waals surface area contributed by atoms with Gasteiger partial charge in [-0.3, -0.25) is 10.2 Å². The zero-order valence-electron chi connectivity index (χ0n) is 64.4. The van der Waals surface area contributed by atoms with E-state index in [0.717, 1.165) is 167 Å². The Morgan fingerprint density at radius 1 is 0.351 bits per heavy atom. The highest BCUT2D eigenvalue weighted by atomic mass is 16.6. The Balaban J connectivity index is 0.000000138. The number of aromatic hydroxyl groups is 1.